The van der Waals surface area contributed by atoms with Crippen LogP contribution in [0.15, 0.2) is 0 Å². The van der Waals surface area contributed by atoms with Gasteiger partial charge in [0.15, 0.2) is 0 Å². The van der Waals surface area contributed by atoms with Gasteiger partial charge in [-0.2, -0.15) is 0 Å². The van der Waals surface area contributed by atoms with Gasteiger partial charge in [0.2, 0.25) is 5.91 Å². The van der Waals surface area contributed by atoms with E-state index < -0.39 is 0 Å². The van der Waals surface area contributed by atoms with E-state index in [9.17, 15) is 4.79 Å². The van der Waals surface area contributed by atoms with Crippen LogP contribution in [0.2, 0.25) is 0 Å². The second kappa shape index (κ2) is 5.32. The molecule has 1 saturated heterocycles. The van der Waals surface area contributed by atoms with Crippen molar-refractivity contribution in [1.29, 1.82) is 0 Å². The zero-order valence-electron chi connectivity index (χ0n) is 9.34. The van der Waals surface area contributed by atoms with E-state index in [1.54, 1.807) is 7.05 Å². The van der Waals surface area contributed by atoms with Gasteiger partial charge in [0.25, 0.3) is 0 Å². The van der Waals surface area contributed by atoms with Crippen molar-refractivity contribution in [1.82, 2.24) is 15.8 Å². The van der Waals surface area contributed by atoms with E-state index in [0.29, 0.717) is 18.6 Å². The Morgan fingerprint density at radius 2 is 1.93 bits per heavy atom. The third-order valence-electron chi connectivity index (χ3n) is 2.78. The highest BCUT2D eigenvalue weighted by atomic mass is 16.2. The van der Waals surface area contributed by atoms with Crippen LogP contribution in [0.1, 0.15) is 33.1 Å². The van der Waals surface area contributed by atoms with Gasteiger partial charge in [0, 0.05) is 12.1 Å². The molecule has 82 valence electrons. The summed E-state index contributed by atoms with van der Waals surface area (Å²) in [5.41, 5.74) is 2.95. The lowest BCUT2D eigenvalue weighted by molar-refractivity contribution is -0.128. The molecule has 1 fully saturated rings. The number of likely N-dealkylation sites (N-methyl/N-ethyl adjacent to an activating group) is 1. The minimum absolute atomic E-state index is 0.0492. The van der Waals surface area contributed by atoms with Crippen LogP contribution in [0.5, 0.6) is 0 Å². The van der Waals surface area contributed by atoms with E-state index in [4.69, 9.17) is 0 Å². The van der Waals surface area contributed by atoms with Crippen LogP contribution in [0, 0.1) is 0 Å². The smallest absolute Gasteiger partial charge is 0.248 e. The molecule has 0 aromatic rings. The third kappa shape index (κ3) is 2.96. The van der Waals surface area contributed by atoms with Gasteiger partial charge in [0.05, 0.1) is 6.54 Å². The number of hydrogen-bond donors (Lipinski definition) is 2. The molecule has 4 nitrogen and oxygen atoms in total. The number of amides is 1. The van der Waals surface area contributed by atoms with Crippen LogP contribution in [-0.4, -0.2) is 36.6 Å². The van der Waals surface area contributed by atoms with E-state index >= 15 is 0 Å². The standard InChI is InChI=1S/C10H21N3O/c1-8-5-4-6-9(2)13(8)12-10(14)7-11-3/h8-9,11H,4-7H2,1-3H3,(H,12,14). The van der Waals surface area contributed by atoms with Gasteiger partial charge >= 0.3 is 0 Å². The van der Waals surface area contributed by atoms with Crippen molar-refractivity contribution in [2.75, 3.05) is 13.6 Å². The molecule has 0 aliphatic carbocycles. The highest BCUT2D eigenvalue weighted by Gasteiger charge is 2.25. The van der Waals surface area contributed by atoms with Crippen LogP contribution in [-0.2, 0) is 4.79 Å². The summed E-state index contributed by atoms with van der Waals surface area (Å²) in [6, 6.07) is 0.916. The van der Waals surface area contributed by atoms with E-state index in [1.807, 2.05) is 0 Å². The van der Waals surface area contributed by atoms with Gasteiger partial charge in [-0.25, -0.2) is 5.01 Å². The normalized spacial score (nSPS) is 28.8. The Kier molecular flexibility index (Phi) is 4.35. The zero-order valence-corrected chi connectivity index (χ0v) is 9.34. The number of rotatable bonds is 3. The number of piperidine rings is 1. The van der Waals surface area contributed by atoms with Gasteiger partial charge < -0.3 is 5.32 Å². The molecule has 2 N–H and O–H groups in total. The van der Waals surface area contributed by atoms with Crippen molar-refractivity contribution in [2.24, 2.45) is 0 Å². The Morgan fingerprint density at radius 3 is 2.43 bits per heavy atom. The maximum atomic E-state index is 11.4. The van der Waals surface area contributed by atoms with Crippen LogP contribution in [0.3, 0.4) is 0 Å². The number of carbonyl (C=O) groups is 1. The van der Waals surface area contributed by atoms with Crippen LogP contribution >= 0.6 is 0 Å². The average Bonchev–Trinajstić information content (AvgIpc) is 2.12. The van der Waals surface area contributed by atoms with E-state index in [2.05, 4.69) is 29.6 Å². The molecule has 1 rings (SSSR count). The van der Waals surface area contributed by atoms with E-state index in [-0.39, 0.29) is 5.91 Å². The zero-order chi connectivity index (χ0) is 10.6. The summed E-state index contributed by atoms with van der Waals surface area (Å²) >= 11 is 0. The minimum Gasteiger partial charge on any atom is -0.311 e. The quantitative estimate of drug-likeness (QED) is 0.695. The fourth-order valence-electron chi connectivity index (χ4n) is 1.99. The first-order valence-electron chi connectivity index (χ1n) is 5.37. The Balaban J connectivity index is 2.43. The van der Waals surface area contributed by atoms with Crippen molar-refractivity contribution in [2.45, 2.75) is 45.2 Å². The molecule has 1 amide bonds. The topological polar surface area (TPSA) is 44.4 Å². The fraction of sp³-hybridized carbons (Fsp3) is 0.900. The molecule has 2 atom stereocenters. The van der Waals surface area contributed by atoms with Gasteiger partial charge in [0.1, 0.15) is 0 Å². The number of nitrogens with one attached hydrogen (secondary N) is 2. The summed E-state index contributed by atoms with van der Waals surface area (Å²) in [7, 11) is 1.78. The highest BCUT2D eigenvalue weighted by molar-refractivity contribution is 5.77. The second-order valence-corrected chi connectivity index (χ2v) is 4.10. The fourth-order valence-corrected chi connectivity index (χ4v) is 1.99. The summed E-state index contributed by atoms with van der Waals surface area (Å²) in [5.74, 6) is 0.0492. The van der Waals surface area contributed by atoms with Gasteiger partial charge in [-0.15, -0.1) is 0 Å². The number of carbonyl (C=O) groups excluding carboxylic acids is 1. The lowest BCUT2D eigenvalue weighted by Gasteiger charge is -2.38. The molecule has 1 aliphatic rings. The van der Waals surface area contributed by atoms with Gasteiger partial charge in [-0.05, 0) is 33.7 Å². The average molecular weight is 199 g/mol. The maximum Gasteiger partial charge on any atom is 0.248 e. The van der Waals surface area contributed by atoms with Crippen molar-refractivity contribution in [3.05, 3.63) is 0 Å². The van der Waals surface area contributed by atoms with Crippen LogP contribution in [0.25, 0.3) is 0 Å². The molecule has 0 radical (unpaired) electrons. The van der Waals surface area contributed by atoms with Crippen molar-refractivity contribution in [3.63, 3.8) is 0 Å². The van der Waals surface area contributed by atoms with E-state index in [0.717, 1.165) is 0 Å². The predicted molar refractivity (Wildman–Crippen MR) is 56.7 cm³/mol. The molecule has 0 saturated carbocycles. The molecule has 1 heterocycles. The molecule has 2 unspecified atom stereocenters. The van der Waals surface area contributed by atoms with Gasteiger partial charge in [-0.1, -0.05) is 6.42 Å². The molecule has 1 aliphatic heterocycles. The summed E-state index contributed by atoms with van der Waals surface area (Å²) in [4.78, 5) is 11.4. The summed E-state index contributed by atoms with van der Waals surface area (Å²) in [6.45, 7) is 4.71. The molecule has 0 bridgehead atoms. The molecule has 0 spiro atoms. The number of hydrazine groups is 1. The third-order valence-corrected chi connectivity index (χ3v) is 2.78. The molecular weight excluding hydrogens is 178 g/mol. The first-order chi connectivity index (χ1) is 6.65. The van der Waals surface area contributed by atoms with Crippen molar-refractivity contribution in [3.8, 4) is 0 Å². The van der Waals surface area contributed by atoms with Gasteiger partial charge in [-0.3, -0.25) is 10.2 Å². The Bertz CT molecular complexity index is 186. The monoisotopic (exact) mass is 199 g/mol. The Morgan fingerprint density at radius 1 is 1.36 bits per heavy atom. The van der Waals surface area contributed by atoms with Crippen molar-refractivity contribution >= 4 is 5.91 Å². The summed E-state index contributed by atoms with van der Waals surface area (Å²) in [6.07, 6.45) is 3.61. The molecule has 14 heavy (non-hydrogen) atoms. The second-order valence-electron chi connectivity index (χ2n) is 4.10. The summed E-state index contributed by atoms with van der Waals surface area (Å²) in [5, 5.41) is 4.93. The minimum atomic E-state index is 0.0492. The molecule has 0 aromatic heterocycles. The molecule has 0 aromatic carbocycles. The highest BCUT2D eigenvalue weighted by Crippen LogP contribution is 2.19. The maximum absolute atomic E-state index is 11.4. The Labute approximate surface area is 86.0 Å². The molecular formula is C10H21N3O. The first-order valence-corrected chi connectivity index (χ1v) is 5.37. The lowest BCUT2D eigenvalue weighted by Crippen LogP contribution is -2.55. The summed E-state index contributed by atoms with van der Waals surface area (Å²) < 4.78 is 0. The largest absolute Gasteiger partial charge is 0.311 e. The lowest BCUT2D eigenvalue weighted by atomic mass is 10.00. The van der Waals surface area contributed by atoms with Crippen molar-refractivity contribution < 1.29 is 4.79 Å². The number of nitrogens with zero attached hydrogens (tertiary/aromatic N) is 1. The van der Waals surface area contributed by atoms with E-state index in [1.165, 1.54) is 19.3 Å². The molecule has 4 heteroatoms. The Hall–Kier alpha value is -0.610. The SMILES string of the molecule is CNCC(=O)NN1C(C)CCCC1C. The number of hydrogen-bond acceptors (Lipinski definition) is 3. The predicted octanol–water partition coefficient (Wildman–Crippen LogP) is 0.500. The van der Waals surface area contributed by atoms with Crippen LogP contribution < -0.4 is 10.7 Å². The first kappa shape index (κ1) is 11.5. The van der Waals surface area contributed by atoms with Crippen LogP contribution in [0.4, 0.5) is 0 Å².